The molecule has 0 saturated heterocycles. The third-order valence-electron chi connectivity index (χ3n) is 4.41. The van der Waals surface area contributed by atoms with E-state index in [9.17, 15) is 0 Å². The lowest BCUT2D eigenvalue weighted by Gasteiger charge is -2.35. The van der Waals surface area contributed by atoms with Crippen LogP contribution in [0, 0.1) is 5.41 Å². The predicted molar refractivity (Wildman–Crippen MR) is 69.7 cm³/mol. The first-order valence-corrected chi connectivity index (χ1v) is 7.00. The summed E-state index contributed by atoms with van der Waals surface area (Å²) in [6, 6.07) is 1.70. The lowest BCUT2D eigenvalue weighted by Crippen LogP contribution is -2.39. The first kappa shape index (κ1) is 12.4. The molecule has 0 bridgehead atoms. The second-order valence-electron chi connectivity index (χ2n) is 6.60. The number of nitrogens with one attached hydrogen (secondary N) is 1. The summed E-state index contributed by atoms with van der Waals surface area (Å²) in [5, 5.41) is 3.73. The molecule has 0 aromatic heterocycles. The molecule has 2 aliphatic carbocycles. The highest BCUT2D eigenvalue weighted by Gasteiger charge is 2.27. The van der Waals surface area contributed by atoms with Crippen molar-refractivity contribution >= 4 is 0 Å². The van der Waals surface area contributed by atoms with E-state index in [0.29, 0.717) is 5.41 Å². The molecule has 16 heavy (non-hydrogen) atoms. The molecule has 0 aromatic rings. The molecule has 1 N–H and O–H groups in total. The summed E-state index contributed by atoms with van der Waals surface area (Å²) >= 11 is 0. The van der Waals surface area contributed by atoms with E-state index in [1.807, 2.05) is 0 Å². The number of rotatable bonds is 5. The lowest BCUT2D eigenvalue weighted by atomic mass is 9.75. The molecule has 2 fully saturated rings. The van der Waals surface area contributed by atoms with Gasteiger partial charge in [0.1, 0.15) is 0 Å². The van der Waals surface area contributed by atoms with Crippen molar-refractivity contribution in [3.63, 3.8) is 0 Å². The number of nitrogens with zero attached hydrogens (tertiary/aromatic N) is 1. The Morgan fingerprint density at radius 2 is 1.75 bits per heavy atom. The second-order valence-corrected chi connectivity index (χ2v) is 6.60. The highest BCUT2D eigenvalue weighted by molar-refractivity contribution is 4.84. The van der Waals surface area contributed by atoms with Gasteiger partial charge in [-0.1, -0.05) is 13.8 Å². The molecular formula is C14H28N2. The Kier molecular flexibility index (Phi) is 3.91. The maximum atomic E-state index is 3.73. The summed E-state index contributed by atoms with van der Waals surface area (Å²) in [5.41, 5.74) is 0.600. The molecule has 0 atom stereocenters. The molecule has 2 saturated carbocycles. The molecule has 2 aliphatic rings. The van der Waals surface area contributed by atoms with Crippen molar-refractivity contribution in [1.82, 2.24) is 10.2 Å². The fraction of sp³-hybridized carbons (Fsp3) is 1.00. The van der Waals surface area contributed by atoms with Crippen LogP contribution in [-0.2, 0) is 0 Å². The Bertz CT molecular complexity index is 211. The molecule has 0 amide bonds. The van der Waals surface area contributed by atoms with Crippen molar-refractivity contribution < 1.29 is 0 Å². The second kappa shape index (κ2) is 5.05. The normalized spacial score (nSPS) is 26.2. The van der Waals surface area contributed by atoms with Crippen LogP contribution in [0.4, 0.5) is 0 Å². The van der Waals surface area contributed by atoms with Crippen LogP contribution in [0.15, 0.2) is 0 Å². The van der Waals surface area contributed by atoms with Gasteiger partial charge in [0.25, 0.3) is 0 Å². The molecule has 0 aliphatic heterocycles. The zero-order valence-electron chi connectivity index (χ0n) is 11.3. The predicted octanol–water partition coefficient (Wildman–Crippen LogP) is 2.64. The van der Waals surface area contributed by atoms with Gasteiger partial charge < -0.3 is 10.2 Å². The molecule has 94 valence electrons. The van der Waals surface area contributed by atoms with Gasteiger partial charge in [-0.25, -0.2) is 0 Å². The summed E-state index contributed by atoms with van der Waals surface area (Å²) in [5.74, 6) is 0. The lowest BCUT2D eigenvalue weighted by molar-refractivity contribution is 0.202. The van der Waals surface area contributed by atoms with E-state index in [4.69, 9.17) is 0 Å². The minimum Gasteiger partial charge on any atom is -0.313 e. The highest BCUT2D eigenvalue weighted by Crippen LogP contribution is 2.34. The van der Waals surface area contributed by atoms with E-state index in [0.717, 1.165) is 12.1 Å². The third-order valence-corrected chi connectivity index (χ3v) is 4.41. The van der Waals surface area contributed by atoms with Crippen LogP contribution in [0.5, 0.6) is 0 Å². The van der Waals surface area contributed by atoms with Gasteiger partial charge in [-0.05, 0) is 51.0 Å². The fourth-order valence-corrected chi connectivity index (χ4v) is 2.75. The van der Waals surface area contributed by atoms with E-state index < -0.39 is 0 Å². The largest absolute Gasteiger partial charge is 0.313 e. The van der Waals surface area contributed by atoms with Crippen molar-refractivity contribution in [3.05, 3.63) is 0 Å². The van der Waals surface area contributed by atoms with Gasteiger partial charge >= 0.3 is 0 Å². The van der Waals surface area contributed by atoms with Gasteiger partial charge in [-0.15, -0.1) is 0 Å². The highest BCUT2D eigenvalue weighted by atomic mass is 15.2. The molecule has 0 unspecified atom stereocenters. The summed E-state index contributed by atoms with van der Waals surface area (Å²) in [7, 11) is 2.27. The van der Waals surface area contributed by atoms with Crippen molar-refractivity contribution in [2.24, 2.45) is 5.41 Å². The minimum atomic E-state index is 0.600. The van der Waals surface area contributed by atoms with Crippen LogP contribution in [-0.4, -0.2) is 37.1 Å². The fourth-order valence-electron chi connectivity index (χ4n) is 2.75. The maximum Gasteiger partial charge on any atom is 0.0107 e. The van der Waals surface area contributed by atoms with E-state index in [2.05, 4.69) is 31.1 Å². The molecular weight excluding hydrogens is 196 g/mol. The SMILES string of the molecule is CN(CCNC1CCC(C)(C)CC1)C1CC1. The van der Waals surface area contributed by atoms with E-state index in [1.54, 1.807) is 0 Å². The number of hydrogen-bond donors (Lipinski definition) is 1. The molecule has 0 radical (unpaired) electrons. The Balaban J connectivity index is 1.56. The Morgan fingerprint density at radius 1 is 1.12 bits per heavy atom. The van der Waals surface area contributed by atoms with Gasteiger partial charge in [0.15, 0.2) is 0 Å². The first-order chi connectivity index (χ1) is 7.57. The molecule has 0 heterocycles. The number of likely N-dealkylation sites (N-methyl/N-ethyl adjacent to an activating group) is 1. The third kappa shape index (κ3) is 3.74. The van der Waals surface area contributed by atoms with Gasteiger partial charge in [0, 0.05) is 25.2 Å². The summed E-state index contributed by atoms with van der Waals surface area (Å²) in [6.45, 7) is 7.22. The molecule has 0 aromatic carbocycles. The minimum absolute atomic E-state index is 0.600. The van der Waals surface area contributed by atoms with E-state index >= 15 is 0 Å². The average molecular weight is 224 g/mol. The molecule has 2 heteroatoms. The topological polar surface area (TPSA) is 15.3 Å². The Labute approximate surface area is 101 Å². The monoisotopic (exact) mass is 224 g/mol. The van der Waals surface area contributed by atoms with Crippen molar-refractivity contribution in [1.29, 1.82) is 0 Å². The first-order valence-electron chi connectivity index (χ1n) is 7.00. The zero-order chi connectivity index (χ0) is 11.6. The van der Waals surface area contributed by atoms with Gasteiger partial charge in [-0.2, -0.15) is 0 Å². The smallest absolute Gasteiger partial charge is 0.0107 e. The van der Waals surface area contributed by atoms with Gasteiger partial charge in [0.05, 0.1) is 0 Å². The van der Waals surface area contributed by atoms with Crippen molar-refractivity contribution in [3.8, 4) is 0 Å². The molecule has 2 rings (SSSR count). The van der Waals surface area contributed by atoms with E-state index in [1.165, 1.54) is 51.6 Å². The van der Waals surface area contributed by atoms with Crippen LogP contribution in [0.1, 0.15) is 52.4 Å². The van der Waals surface area contributed by atoms with Crippen LogP contribution in [0.25, 0.3) is 0 Å². The van der Waals surface area contributed by atoms with Crippen LogP contribution in [0.3, 0.4) is 0 Å². The Hall–Kier alpha value is -0.0800. The van der Waals surface area contributed by atoms with Crippen LogP contribution < -0.4 is 5.32 Å². The van der Waals surface area contributed by atoms with Crippen molar-refractivity contribution in [2.45, 2.75) is 64.5 Å². The quantitative estimate of drug-likeness (QED) is 0.772. The van der Waals surface area contributed by atoms with Gasteiger partial charge in [-0.3, -0.25) is 0 Å². The summed E-state index contributed by atoms with van der Waals surface area (Å²) in [6.07, 6.45) is 8.38. The summed E-state index contributed by atoms with van der Waals surface area (Å²) < 4.78 is 0. The van der Waals surface area contributed by atoms with Crippen molar-refractivity contribution in [2.75, 3.05) is 20.1 Å². The average Bonchev–Trinajstić information content (AvgIpc) is 3.04. The summed E-state index contributed by atoms with van der Waals surface area (Å²) in [4.78, 5) is 2.51. The zero-order valence-corrected chi connectivity index (χ0v) is 11.3. The molecule has 0 spiro atoms. The maximum absolute atomic E-state index is 3.73. The van der Waals surface area contributed by atoms with Crippen LogP contribution in [0.2, 0.25) is 0 Å². The van der Waals surface area contributed by atoms with Gasteiger partial charge in [0.2, 0.25) is 0 Å². The Morgan fingerprint density at radius 3 is 2.31 bits per heavy atom. The van der Waals surface area contributed by atoms with E-state index in [-0.39, 0.29) is 0 Å². The van der Waals surface area contributed by atoms with Crippen LogP contribution >= 0.6 is 0 Å². The number of hydrogen-bond acceptors (Lipinski definition) is 2. The standard InChI is InChI=1S/C14H28N2/c1-14(2)8-6-12(7-9-14)15-10-11-16(3)13-4-5-13/h12-13,15H,4-11H2,1-3H3. The molecule has 2 nitrogen and oxygen atoms in total.